The predicted molar refractivity (Wildman–Crippen MR) is 79.8 cm³/mol. The highest BCUT2D eigenvalue weighted by molar-refractivity contribution is 5.79. The second-order valence-electron chi connectivity index (χ2n) is 5.93. The van der Waals surface area contributed by atoms with Crippen molar-refractivity contribution in [1.29, 1.82) is 0 Å². The Kier molecular flexibility index (Phi) is 3.30. The van der Waals surface area contributed by atoms with Gasteiger partial charge < -0.3 is 4.74 Å². The molecule has 3 rings (SSSR count). The molecule has 0 spiro atoms. The van der Waals surface area contributed by atoms with Crippen LogP contribution in [-0.2, 0) is 22.5 Å². The van der Waals surface area contributed by atoms with Crippen LogP contribution in [0.25, 0.3) is 5.78 Å². The maximum atomic E-state index is 12.7. The number of aryl methyl sites for hydroxylation is 2. The van der Waals surface area contributed by atoms with E-state index in [1.54, 1.807) is 4.68 Å². The van der Waals surface area contributed by atoms with Crippen molar-refractivity contribution in [3.63, 3.8) is 0 Å². The van der Waals surface area contributed by atoms with Gasteiger partial charge >= 0.3 is 5.97 Å². The number of rotatable bonds is 4. The van der Waals surface area contributed by atoms with Crippen molar-refractivity contribution in [2.75, 3.05) is 7.11 Å². The van der Waals surface area contributed by atoms with Crippen LogP contribution in [0.1, 0.15) is 36.8 Å². The molecule has 0 radical (unpaired) electrons. The van der Waals surface area contributed by atoms with Gasteiger partial charge in [-0.2, -0.15) is 9.50 Å². The minimum atomic E-state index is -0.524. The topological polar surface area (TPSA) is 78.5 Å². The Morgan fingerprint density at radius 1 is 1.32 bits per heavy atom. The van der Waals surface area contributed by atoms with Gasteiger partial charge in [0, 0.05) is 5.56 Å². The van der Waals surface area contributed by atoms with Gasteiger partial charge in [0.15, 0.2) is 0 Å². The lowest BCUT2D eigenvalue weighted by Gasteiger charge is -2.15. The average molecular weight is 304 g/mol. The van der Waals surface area contributed by atoms with E-state index in [4.69, 9.17) is 4.74 Å². The summed E-state index contributed by atoms with van der Waals surface area (Å²) in [5.41, 5.74) is 0.767. The third-order valence-electron chi connectivity index (χ3n) is 4.50. The average Bonchev–Trinajstić information content (AvgIpc) is 3.19. The number of methoxy groups -OCH3 is 1. The third-order valence-corrected chi connectivity index (χ3v) is 4.50. The van der Waals surface area contributed by atoms with Gasteiger partial charge in [-0.25, -0.2) is 4.98 Å². The molecule has 2 aromatic rings. The number of carbonyl (C=O) groups excluding carboxylic acids is 1. The number of esters is 1. The summed E-state index contributed by atoms with van der Waals surface area (Å²) in [5, 5.41) is 0. The van der Waals surface area contributed by atoms with Crippen LogP contribution in [0.4, 0.5) is 0 Å². The summed E-state index contributed by atoms with van der Waals surface area (Å²) in [7, 11) is 1.40. The van der Waals surface area contributed by atoms with Crippen LogP contribution < -0.4 is 5.56 Å². The molecule has 0 aromatic carbocycles. The molecule has 0 N–H and O–H groups in total. The highest BCUT2D eigenvalue weighted by Gasteiger charge is 2.52. The van der Waals surface area contributed by atoms with Crippen molar-refractivity contribution in [3.8, 4) is 0 Å². The van der Waals surface area contributed by atoms with Crippen LogP contribution in [-0.4, -0.2) is 32.2 Å². The van der Waals surface area contributed by atoms with Gasteiger partial charge in [0.25, 0.3) is 11.3 Å². The van der Waals surface area contributed by atoms with Crippen molar-refractivity contribution in [2.45, 2.75) is 46.6 Å². The highest BCUT2D eigenvalue weighted by atomic mass is 16.5. The summed E-state index contributed by atoms with van der Waals surface area (Å²) in [4.78, 5) is 33.5. The van der Waals surface area contributed by atoms with Gasteiger partial charge in [0.05, 0.1) is 24.8 Å². The molecule has 1 fully saturated rings. The lowest BCUT2D eigenvalue weighted by Crippen LogP contribution is -2.31. The molecule has 2 heterocycles. The number of hydrogen-bond acceptors (Lipinski definition) is 5. The summed E-state index contributed by atoms with van der Waals surface area (Å²) < 4.78 is 8.14. The molecule has 1 saturated carbocycles. The molecule has 0 amide bonds. The number of aromatic nitrogens is 4. The zero-order valence-electron chi connectivity index (χ0n) is 13.3. The number of fused-ring (bicyclic) bond motifs is 1. The van der Waals surface area contributed by atoms with Crippen LogP contribution in [0.15, 0.2) is 4.79 Å². The molecule has 1 aliphatic carbocycles. The molecule has 0 saturated heterocycles. The molecule has 0 aliphatic heterocycles. The summed E-state index contributed by atoms with van der Waals surface area (Å²) in [6.07, 6.45) is 2.16. The SMILES string of the molecule is CCc1c(C)nc2nc(C)n(CC3(C(=O)OC)CC3)n2c1=O. The van der Waals surface area contributed by atoms with Crippen LogP contribution in [0.3, 0.4) is 0 Å². The molecule has 7 heteroatoms. The van der Waals surface area contributed by atoms with Crippen molar-refractivity contribution >= 4 is 11.7 Å². The Bertz CT molecular complexity index is 814. The second-order valence-corrected chi connectivity index (χ2v) is 5.93. The molecular formula is C15H20N4O3. The molecule has 0 unspecified atom stereocenters. The minimum Gasteiger partial charge on any atom is -0.469 e. The van der Waals surface area contributed by atoms with Crippen molar-refractivity contribution in [2.24, 2.45) is 5.41 Å². The number of carbonyl (C=O) groups is 1. The monoisotopic (exact) mass is 304 g/mol. The van der Waals surface area contributed by atoms with E-state index in [-0.39, 0.29) is 11.5 Å². The van der Waals surface area contributed by atoms with Gasteiger partial charge in [-0.05, 0) is 33.1 Å². The van der Waals surface area contributed by atoms with Gasteiger partial charge in [0.2, 0.25) is 0 Å². The Hall–Kier alpha value is -2.18. The Labute approximate surface area is 127 Å². The van der Waals surface area contributed by atoms with Gasteiger partial charge in [-0.15, -0.1) is 0 Å². The van der Waals surface area contributed by atoms with Crippen LogP contribution >= 0.6 is 0 Å². The zero-order chi connectivity index (χ0) is 16.1. The van der Waals surface area contributed by atoms with E-state index in [2.05, 4.69) is 9.97 Å². The van der Waals surface area contributed by atoms with Gasteiger partial charge in [-0.1, -0.05) is 6.92 Å². The Morgan fingerprint density at radius 2 is 2.00 bits per heavy atom. The second kappa shape index (κ2) is 4.93. The molecule has 22 heavy (non-hydrogen) atoms. The maximum absolute atomic E-state index is 12.7. The highest BCUT2D eigenvalue weighted by Crippen LogP contribution is 2.48. The molecular weight excluding hydrogens is 284 g/mol. The largest absolute Gasteiger partial charge is 0.469 e. The quantitative estimate of drug-likeness (QED) is 0.788. The summed E-state index contributed by atoms with van der Waals surface area (Å²) in [6, 6.07) is 0. The van der Waals surface area contributed by atoms with E-state index in [0.717, 1.165) is 12.8 Å². The van der Waals surface area contributed by atoms with E-state index in [0.29, 0.717) is 35.8 Å². The Balaban J connectivity index is 2.16. The number of nitrogens with zero attached hydrogens (tertiary/aromatic N) is 4. The molecule has 0 atom stereocenters. The van der Waals surface area contributed by atoms with Gasteiger partial charge in [0.1, 0.15) is 5.82 Å². The summed E-state index contributed by atoms with van der Waals surface area (Å²) >= 11 is 0. The van der Waals surface area contributed by atoms with E-state index in [1.807, 2.05) is 20.8 Å². The third kappa shape index (κ3) is 2.03. The lowest BCUT2D eigenvalue weighted by molar-refractivity contribution is -0.147. The normalized spacial score (nSPS) is 16.0. The van der Waals surface area contributed by atoms with Crippen molar-refractivity contribution < 1.29 is 9.53 Å². The molecule has 7 nitrogen and oxygen atoms in total. The first-order chi connectivity index (χ1) is 10.4. The fraction of sp³-hybridized carbons (Fsp3) is 0.600. The van der Waals surface area contributed by atoms with E-state index < -0.39 is 5.41 Å². The molecule has 118 valence electrons. The standard InChI is InChI=1S/C15H20N4O3/c1-5-11-9(2)16-14-17-10(3)18(19(14)12(11)20)8-15(6-7-15)13(21)22-4/h5-8H2,1-4H3. The zero-order valence-corrected chi connectivity index (χ0v) is 13.3. The van der Waals surface area contributed by atoms with Gasteiger partial charge in [-0.3, -0.25) is 14.3 Å². The minimum absolute atomic E-state index is 0.105. The van der Waals surface area contributed by atoms with Crippen LogP contribution in [0, 0.1) is 19.3 Å². The maximum Gasteiger partial charge on any atom is 0.313 e. The first kappa shape index (κ1) is 14.7. The first-order valence-electron chi connectivity index (χ1n) is 7.47. The lowest BCUT2D eigenvalue weighted by atomic mass is 10.1. The van der Waals surface area contributed by atoms with Crippen LogP contribution in [0.5, 0.6) is 0 Å². The van der Waals surface area contributed by atoms with E-state index >= 15 is 0 Å². The van der Waals surface area contributed by atoms with Crippen LogP contribution in [0.2, 0.25) is 0 Å². The fourth-order valence-electron chi connectivity index (χ4n) is 2.95. The van der Waals surface area contributed by atoms with E-state index in [9.17, 15) is 9.59 Å². The summed E-state index contributed by atoms with van der Waals surface area (Å²) in [6.45, 7) is 5.98. The van der Waals surface area contributed by atoms with E-state index in [1.165, 1.54) is 11.6 Å². The Morgan fingerprint density at radius 3 is 2.55 bits per heavy atom. The smallest absolute Gasteiger partial charge is 0.313 e. The number of ether oxygens (including phenoxy) is 1. The summed E-state index contributed by atoms with van der Waals surface area (Å²) in [5.74, 6) is 0.836. The van der Waals surface area contributed by atoms with Crippen molar-refractivity contribution in [1.82, 2.24) is 19.2 Å². The fourth-order valence-corrected chi connectivity index (χ4v) is 2.95. The molecule has 2 aromatic heterocycles. The first-order valence-corrected chi connectivity index (χ1v) is 7.47. The number of hydrogen-bond donors (Lipinski definition) is 0. The predicted octanol–water partition coefficient (Wildman–Crippen LogP) is 1.02. The molecule has 1 aliphatic rings. The molecule has 0 bridgehead atoms. The van der Waals surface area contributed by atoms with Crippen molar-refractivity contribution in [3.05, 3.63) is 27.4 Å².